The van der Waals surface area contributed by atoms with Gasteiger partial charge in [0.25, 0.3) is 5.91 Å². The van der Waals surface area contributed by atoms with E-state index in [4.69, 9.17) is 9.47 Å². The molecule has 5 aromatic rings. The molecule has 35 heavy (non-hydrogen) atoms. The predicted octanol–water partition coefficient (Wildman–Crippen LogP) is 4.60. The van der Waals surface area contributed by atoms with Crippen molar-refractivity contribution in [3.8, 4) is 0 Å². The number of hydrogen-bond donors (Lipinski definition) is 2. The molecule has 3 atom stereocenters. The number of rotatable bonds is 1. The lowest BCUT2D eigenvalue weighted by Crippen LogP contribution is -2.54. The molecule has 3 aliphatic heterocycles. The van der Waals surface area contributed by atoms with Crippen LogP contribution in [0.2, 0.25) is 0 Å². The summed E-state index contributed by atoms with van der Waals surface area (Å²) in [7, 11) is 1.62. The number of oxime groups is 1. The summed E-state index contributed by atoms with van der Waals surface area (Å²) < 4.78 is 17.3. The van der Waals surface area contributed by atoms with Crippen molar-refractivity contribution >= 4 is 55.2 Å². The zero-order valence-electron chi connectivity index (χ0n) is 19.2. The van der Waals surface area contributed by atoms with Gasteiger partial charge in [-0.3, -0.25) is 4.79 Å². The molecule has 3 aliphatic rings. The molecular formula is C27H22N4O4. The summed E-state index contributed by atoms with van der Waals surface area (Å²) in [4.78, 5) is 13.3. The first kappa shape index (κ1) is 19.4. The molecule has 5 heterocycles. The summed E-state index contributed by atoms with van der Waals surface area (Å²) in [5.41, 5.74) is 5.24. The van der Waals surface area contributed by atoms with Gasteiger partial charge in [0.05, 0.1) is 33.3 Å². The Bertz CT molecular complexity index is 1810. The van der Waals surface area contributed by atoms with Gasteiger partial charge >= 0.3 is 0 Å². The van der Waals surface area contributed by atoms with Crippen LogP contribution in [0.15, 0.2) is 53.7 Å². The lowest BCUT2D eigenvalue weighted by Gasteiger charge is -2.44. The van der Waals surface area contributed by atoms with Crippen molar-refractivity contribution in [1.82, 2.24) is 14.5 Å². The fourth-order valence-corrected chi connectivity index (χ4v) is 6.98. The number of hydrogen-bond acceptors (Lipinski definition) is 5. The summed E-state index contributed by atoms with van der Waals surface area (Å²) >= 11 is 0. The zero-order chi connectivity index (χ0) is 23.6. The normalized spacial score (nSPS) is 26.3. The molecule has 0 aliphatic carbocycles. The van der Waals surface area contributed by atoms with E-state index < -0.39 is 18.1 Å². The van der Waals surface area contributed by atoms with Crippen LogP contribution in [0.25, 0.3) is 43.6 Å². The molecule has 8 nitrogen and oxygen atoms in total. The minimum absolute atomic E-state index is 0.0478. The van der Waals surface area contributed by atoms with Gasteiger partial charge in [-0.1, -0.05) is 41.6 Å². The van der Waals surface area contributed by atoms with E-state index in [2.05, 4.69) is 43.9 Å². The predicted molar refractivity (Wildman–Crippen MR) is 132 cm³/mol. The Morgan fingerprint density at radius 2 is 1.80 bits per heavy atom. The van der Waals surface area contributed by atoms with E-state index in [1.54, 1.807) is 7.11 Å². The Morgan fingerprint density at radius 3 is 2.54 bits per heavy atom. The second kappa shape index (κ2) is 6.21. The Labute approximate surface area is 199 Å². The van der Waals surface area contributed by atoms with Crippen molar-refractivity contribution in [2.75, 3.05) is 7.11 Å². The van der Waals surface area contributed by atoms with Crippen molar-refractivity contribution in [3.63, 3.8) is 0 Å². The second-order valence-electron chi connectivity index (χ2n) is 9.76. The van der Waals surface area contributed by atoms with Crippen molar-refractivity contribution in [2.24, 2.45) is 5.16 Å². The monoisotopic (exact) mass is 466 g/mol. The third-order valence-corrected chi connectivity index (χ3v) is 8.16. The summed E-state index contributed by atoms with van der Waals surface area (Å²) in [6.45, 7) is 2.48. The first-order chi connectivity index (χ1) is 17.1. The molecule has 8 heteroatoms. The van der Waals surface area contributed by atoms with Crippen LogP contribution in [0, 0.1) is 0 Å². The summed E-state index contributed by atoms with van der Waals surface area (Å²) in [5, 5.41) is 20.9. The van der Waals surface area contributed by atoms with E-state index in [1.165, 1.54) is 0 Å². The highest BCUT2D eigenvalue weighted by Crippen LogP contribution is 2.53. The first-order valence-electron chi connectivity index (χ1n) is 11.8. The van der Waals surface area contributed by atoms with Gasteiger partial charge in [0.2, 0.25) is 0 Å². The van der Waals surface area contributed by atoms with Crippen LogP contribution < -0.4 is 5.32 Å². The lowest BCUT2D eigenvalue weighted by atomic mass is 9.95. The molecule has 0 radical (unpaired) electrons. The van der Waals surface area contributed by atoms with E-state index in [0.717, 1.165) is 54.7 Å². The second-order valence-corrected chi connectivity index (χ2v) is 9.76. The maximum atomic E-state index is 13.3. The van der Waals surface area contributed by atoms with Crippen LogP contribution in [0.1, 0.15) is 35.5 Å². The third-order valence-electron chi connectivity index (χ3n) is 8.16. The number of carbonyl (C=O) groups excluding carboxylic acids is 1. The zero-order valence-corrected chi connectivity index (χ0v) is 19.2. The average Bonchev–Trinajstić information content (AvgIpc) is 3.51. The van der Waals surface area contributed by atoms with Gasteiger partial charge in [-0.15, -0.1) is 0 Å². The molecule has 0 unspecified atom stereocenters. The number of benzene rings is 3. The van der Waals surface area contributed by atoms with Gasteiger partial charge in [-0.2, -0.15) is 0 Å². The molecule has 2 bridgehead atoms. The highest BCUT2D eigenvalue weighted by molar-refractivity contribution is 6.31. The van der Waals surface area contributed by atoms with Crippen LogP contribution >= 0.6 is 0 Å². The molecule has 2 N–H and O–H groups in total. The van der Waals surface area contributed by atoms with Gasteiger partial charge in [0.1, 0.15) is 12.3 Å². The number of fused-ring (bicyclic) bond motifs is 13. The summed E-state index contributed by atoms with van der Waals surface area (Å²) in [6, 6.07) is 16.4. The topological polar surface area (TPSA) is 90.0 Å². The Morgan fingerprint density at radius 1 is 1.09 bits per heavy atom. The molecule has 1 saturated heterocycles. The van der Waals surface area contributed by atoms with E-state index >= 15 is 0 Å². The highest BCUT2D eigenvalue weighted by Gasteiger charge is 2.52. The Hall–Kier alpha value is -3.88. The van der Waals surface area contributed by atoms with Crippen molar-refractivity contribution in [2.45, 2.75) is 37.9 Å². The van der Waals surface area contributed by atoms with Crippen LogP contribution in [0.5, 0.6) is 0 Å². The van der Waals surface area contributed by atoms with E-state index in [0.29, 0.717) is 18.7 Å². The number of methoxy groups -OCH3 is 1. The van der Waals surface area contributed by atoms with Crippen LogP contribution in [0.3, 0.4) is 0 Å². The number of nitrogens with one attached hydrogen (secondary N) is 1. The molecule has 1 amide bonds. The van der Waals surface area contributed by atoms with Gasteiger partial charge < -0.3 is 29.1 Å². The number of nitrogens with zero attached hydrogens (tertiary/aromatic N) is 3. The SMILES string of the molecule is CO[C@H]1/C(=N\O)C[C@@H]2O[C@@]1(C)n1c3ccccc3c3c4c(c5c6ccccc6n2c5c31)C(=O)NC4. The summed E-state index contributed by atoms with van der Waals surface area (Å²) in [5.74, 6) is -0.0478. The number of para-hydroxylation sites is 2. The molecule has 2 aromatic heterocycles. The molecule has 1 fully saturated rings. The fraction of sp³-hybridized carbons (Fsp3) is 0.259. The fourth-order valence-electron chi connectivity index (χ4n) is 6.98. The average molecular weight is 466 g/mol. The van der Waals surface area contributed by atoms with Crippen molar-refractivity contribution in [1.29, 1.82) is 0 Å². The molecule has 0 saturated carbocycles. The van der Waals surface area contributed by atoms with E-state index in [9.17, 15) is 10.0 Å². The Balaban J connectivity index is 1.74. The standard InChI is InChI=1S/C27H22N4O4/c1-27-25(34-2)16(29-33)11-19(35-27)30-17-9-5-3-7-13(17)21-22-15(12-28-26(22)32)20-14-8-4-6-10-18(14)31(27)24(20)23(21)30/h3-10,19,25,33H,11-12H2,1-2H3,(H,28,32)/b29-16-/t19-,25-,27+/m0/s1. The number of ether oxygens (including phenoxy) is 2. The minimum atomic E-state index is -0.988. The Kier molecular flexibility index (Phi) is 3.45. The summed E-state index contributed by atoms with van der Waals surface area (Å²) in [6.07, 6.45) is -0.669. The van der Waals surface area contributed by atoms with Gasteiger partial charge in [0, 0.05) is 41.6 Å². The van der Waals surface area contributed by atoms with Crippen molar-refractivity contribution in [3.05, 3.63) is 59.7 Å². The maximum Gasteiger partial charge on any atom is 0.252 e. The van der Waals surface area contributed by atoms with Crippen LogP contribution in [0.4, 0.5) is 0 Å². The number of aromatic nitrogens is 2. The number of amides is 1. The first-order valence-corrected chi connectivity index (χ1v) is 11.8. The molecule has 0 spiro atoms. The van der Waals surface area contributed by atoms with Gasteiger partial charge in [0.15, 0.2) is 5.72 Å². The molecule has 3 aromatic carbocycles. The molecule has 174 valence electrons. The van der Waals surface area contributed by atoms with Gasteiger partial charge in [-0.05, 0) is 24.6 Å². The van der Waals surface area contributed by atoms with E-state index in [1.807, 2.05) is 31.2 Å². The minimum Gasteiger partial charge on any atom is -0.411 e. The lowest BCUT2D eigenvalue weighted by molar-refractivity contribution is -0.211. The smallest absolute Gasteiger partial charge is 0.252 e. The number of carbonyl (C=O) groups is 1. The molecule has 8 rings (SSSR count). The third kappa shape index (κ3) is 2.04. The maximum absolute atomic E-state index is 13.3. The molecular weight excluding hydrogens is 444 g/mol. The largest absolute Gasteiger partial charge is 0.411 e. The quantitative estimate of drug-likeness (QED) is 0.279. The highest BCUT2D eigenvalue weighted by atomic mass is 16.6. The van der Waals surface area contributed by atoms with Crippen molar-refractivity contribution < 1.29 is 19.5 Å². The van der Waals surface area contributed by atoms with Crippen LogP contribution in [-0.4, -0.2) is 39.2 Å². The van der Waals surface area contributed by atoms with E-state index in [-0.39, 0.29) is 5.91 Å². The van der Waals surface area contributed by atoms with Gasteiger partial charge in [-0.25, -0.2) is 0 Å². The van der Waals surface area contributed by atoms with Crippen LogP contribution in [-0.2, 0) is 21.7 Å².